The van der Waals surface area contributed by atoms with Gasteiger partial charge in [0.05, 0.1) is 12.6 Å². The number of aliphatic hydroxyl groups is 1. The van der Waals surface area contributed by atoms with Crippen LogP contribution in [0.2, 0.25) is 0 Å². The van der Waals surface area contributed by atoms with Crippen molar-refractivity contribution in [1.29, 1.82) is 0 Å². The van der Waals surface area contributed by atoms with Crippen LogP contribution in [-0.2, 0) is 0 Å². The van der Waals surface area contributed by atoms with Crippen LogP contribution < -0.4 is 5.32 Å². The maximum atomic E-state index is 12.7. The van der Waals surface area contributed by atoms with Gasteiger partial charge in [0, 0.05) is 18.8 Å². The topological polar surface area (TPSA) is 55.8 Å². The number of carbonyl (C=O) groups excluding carboxylic acids is 1. The van der Waals surface area contributed by atoms with E-state index in [-0.39, 0.29) is 18.7 Å². The minimum Gasteiger partial charge on any atom is -0.394 e. The Bertz CT molecular complexity index is 523. The Balaban J connectivity index is 2.05. The lowest BCUT2D eigenvalue weighted by Crippen LogP contribution is -2.44. The van der Waals surface area contributed by atoms with Gasteiger partial charge in [-0.15, -0.1) is 0 Å². The molecule has 3 atom stereocenters. The highest BCUT2D eigenvalue weighted by Gasteiger charge is 2.42. The second kappa shape index (κ2) is 9.78. The Hall–Kier alpha value is -1.59. The number of nitrogens with zero attached hydrogens (tertiary/aromatic N) is 2. The zero-order chi connectivity index (χ0) is 18.2. The molecule has 140 valence electrons. The molecule has 2 rings (SSSR count). The summed E-state index contributed by atoms with van der Waals surface area (Å²) in [4.78, 5) is 16.9. The van der Waals surface area contributed by atoms with E-state index in [1.807, 2.05) is 35.2 Å². The van der Waals surface area contributed by atoms with E-state index >= 15 is 0 Å². The third-order valence-electron chi connectivity index (χ3n) is 5.34. The molecule has 1 heterocycles. The molecular weight excluding hydrogens is 314 g/mol. The van der Waals surface area contributed by atoms with Gasteiger partial charge in [-0.05, 0) is 44.0 Å². The number of hydrogen-bond acceptors (Lipinski definition) is 3. The molecule has 25 heavy (non-hydrogen) atoms. The summed E-state index contributed by atoms with van der Waals surface area (Å²) in [6.07, 6.45) is 3.39. The van der Waals surface area contributed by atoms with Gasteiger partial charge in [0.25, 0.3) is 0 Å². The van der Waals surface area contributed by atoms with Crippen molar-refractivity contribution >= 4 is 11.7 Å². The van der Waals surface area contributed by atoms with Crippen LogP contribution in [-0.4, -0.2) is 60.3 Å². The molecule has 5 heteroatoms. The van der Waals surface area contributed by atoms with Crippen molar-refractivity contribution in [1.82, 2.24) is 9.80 Å². The Morgan fingerprint density at radius 2 is 2.04 bits per heavy atom. The molecule has 0 unspecified atom stereocenters. The van der Waals surface area contributed by atoms with E-state index in [2.05, 4.69) is 31.1 Å². The van der Waals surface area contributed by atoms with E-state index in [0.29, 0.717) is 18.4 Å². The number of rotatable bonds is 8. The average Bonchev–Trinajstić information content (AvgIpc) is 2.98. The summed E-state index contributed by atoms with van der Waals surface area (Å²) in [6, 6.07) is 9.29. The average molecular weight is 348 g/mol. The fourth-order valence-electron chi connectivity index (χ4n) is 3.83. The van der Waals surface area contributed by atoms with Gasteiger partial charge in [0.15, 0.2) is 0 Å². The molecular formula is C20H33N3O2. The van der Waals surface area contributed by atoms with Crippen LogP contribution in [0.1, 0.15) is 33.1 Å². The molecule has 5 nitrogen and oxygen atoms in total. The predicted octanol–water partition coefficient (Wildman–Crippen LogP) is 3.27. The monoisotopic (exact) mass is 347 g/mol. The van der Waals surface area contributed by atoms with Crippen molar-refractivity contribution in [2.75, 3.05) is 38.6 Å². The smallest absolute Gasteiger partial charge is 0.322 e. The lowest BCUT2D eigenvalue weighted by Gasteiger charge is -2.30. The molecule has 1 fully saturated rings. The van der Waals surface area contributed by atoms with Gasteiger partial charge in [0.1, 0.15) is 0 Å². The molecule has 2 amide bonds. The van der Waals surface area contributed by atoms with Gasteiger partial charge in [-0.25, -0.2) is 4.79 Å². The van der Waals surface area contributed by atoms with Crippen molar-refractivity contribution in [2.24, 2.45) is 11.8 Å². The SMILES string of the molecule is CCCCN(C)C[C@@H]1[C@H](CC)CN(C(=O)Nc2ccccc2)[C@@H]1CO. The quantitative estimate of drug-likeness (QED) is 0.759. The molecule has 0 saturated carbocycles. The molecule has 0 spiro atoms. The molecule has 0 radical (unpaired) electrons. The van der Waals surface area contributed by atoms with E-state index in [1.165, 1.54) is 12.8 Å². The fourth-order valence-corrected chi connectivity index (χ4v) is 3.83. The zero-order valence-corrected chi connectivity index (χ0v) is 15.8. The van der Waals surface area contributed by atoms with Gasteiger partial charge in [-0.1, -0.05) is 44.9 Å². The summed E-state index contributed by atoms with van der Waals surface area (Å²) in [5.41, 5.74) is 0.792. The second-order valence-electron chi connectivity index (χ2n) is 7.15. The molecule has 1 aromatic carbocycles. The summed E-state index contributed by atoms with van der Waals surface area (Å²) in [5, 5.41) is 12.9. The highest BCUT2D eigenvalue weighted by Crippen LogP contribution is 2.33. The van der Waals surface area contributed by atoms with Crippen LogP contribution in [0.25, 0.3) is 0 Å². The van der Waals surface area contributed by atoms with E-state index in [0.717, 1.165) is 25.2 Å². The largest absolute Gasteiger partial charge is 0.394 e. The second-order valence-corrected chi connectivity index (χ2v) is 7.15. The maximum absolute atomic E-state index is 12.7. The molecule has 1 aromatic rings. The molecule has 0 bridgehead atoms. The highest BCUT2D eigenvalue weighted by molar-refractivity contribution is 5.89. The summed E-state index contributed by atoms with van der Waals surface area (Å²) in [7, 11) is 2.14. The summed E-state index contributed by atoms with van der Waals surface area (Å²) in [6.45, 7) is 7.11. The first-order chi connectivity index (χ1) is 12.1. The van der Waals surface area contributed by atoms with E-state index in [9.17, 15) is 9.90 Å². The predicted molar refractivity (Wildman–Crippen MR) is 103 cm³/mol. The first-order valence-corrected chi connectivity index (χ1v) is 9.52. The molecule has 1 saturated heterocycles. The van der Waals surface area contributed by atoms with Gasteiger partial charge in [-0.3, -0.25) is 0 Å². The van der Waals surface area contributed by atoms with Crippen molar-refractivity contribution in [3.05, 3.63) is 30.3 Å². The van der Waals surface area contributed by atoms with Crippen LogP contribution in [0.5, 0.6) is 0 Å². The maximum Gasteiger partial charge on any atom is 0.322 e. The zero-order valence-electron chi connectivity index (χ0n) is 15.8. The summed E-state index contributed by atoms with van der Waals surface area (Å²) >= 11 is 0. The van der Waals surface area contributed by atoms with Crippen LogP contribution in [0.4, 0.5) is 10.5 Å². The standard InChI is InChI=1S/C20H33N3O2/c1-4-6-12-22(3)14-18-16(5-2)13-23(19(18)15-24)20(25)21-17-10-8-7-9-11-17/h7-11,16,18-19,24H,4-6,12-15H2,1-3H3,(H,21,25)/t16-,18-,19-/m1/s1. The van der Waals surface area contributed by atoms with Gasteiger partial charge in [0.2, 0.25) is 0 Å². The van der Waals surface area contributed by atoms with Crippen molar-refractivity contribution in [2.45, 2.75) is 39.2 Å². The van der Waals surface area contributed by atoms with Gasteiger partial charge < -0.3 is 20.2 Å². The normalized spacial score (nSPS) is 23.2. The lowest BCUT2D eigenvalue weighted by atomic mass is 9.88. The van der Waals surface area contributed by atoms with E-state index in [1.54, 1.807) is 0 Å². The number of anilines is 1. The highest BCUT2D eigenvalue weighted by atomic mass is 16.3. The number of carbonyl (C=O) groups is 1. The lowest BCUT2D eigenvalue weighted by molar-refractivity contribution is 0.130. The number of amides is 2. The van der Waals surface area contributed by atoms with Gasteiger partial charge in [-0.2, -0.15) is 0 Å². The van der Waals surface area contributed by atoms with Crippen molar-refractivity contribution < 1.29 is 9.90 Å². The fraction of sp³-hybridized carbons (Fsp3) is 0.650. The number of benzene rings is 1. The Morgan fingerprint density at radius 1 is 1.32 bits per heavy atom. The van der Waals surface area contributed by atoms with Gasteiger partial charge >= 0.3 is 6.03 Å². The van der Waals surface area contributed by atoms with Crippen LogP contribution >= 0.6 is 0 Å². The number of para-hydroxylation sites is 1. The Morgan fingerprint density at radius 3 is 2.64 bits per heavy atom. The first kappa shape index (κ1) is 19.7. The minimum atomic E-state index is -0.113. The Kier molecular flexibility index (Phi) is 7.72. The molecule has 0 aromatic heterocycles. The molecule has 1 aliphatic heterocycles. The van der Waals surface area contributed by atoms with Crippen molar-refractivity contribution in [3.63, 3.8) is 0 Å². The molecule has 1 aliphatic rings. The number of hydrogen-bond donors (Lipinski definition) is 2. The third kappa shape index (κ3) is 5.19. The molecule has 0 aliphatic carbocycles. The van der Waals surface area contributed by atoms with E-state index < -0.39 is 0 Å². The van der Waals surface area contributed by atoms with E-state index in [4.69, 9.17) is 0 Å². The first-order valence-electron chi connectivity index (χ1n) is 9.52. The van der Waals surface area contributed by atoms with Crippen LogP contribution in [0.3, 0.4) is 0 Å². The number of likely N-dealkylation sites (tertiary alicyclic amines) is 1. The third-order valence-corrected chi connectivity index (χ3v) is 5.34. The number of aliphatic hydroxyl groups excluding tert-OH is 1. The summed E-state index contributed by atoms with van der Waals surface area (Å²) < 4.78 is 0. The number of unbranched alkanes of at least 4 members (excludes halogenated alkanes) is 1. The van der Waals surface area contributed by atoms with Crippen LogP contribution in [0.15, 0.2) is 30.3 Å². The molecule has 2 N–H and O–H groups in total. The number of urea groups is 1. The van der Waals surface area contributed by atoms with Crippen molar-refractivity contribution in [3.8, 4) is 0 Å². The minimum absolute atomic E-state index is 0.0188. The summed E-state index contributed by atoms with van der Waals surface area (Å²) in [5.74, 6) is 0.751. The Labute approximate surface area is 152 Å². The number of nitrogens with one attached hydrogen (secondary N) is 1. The van der Waals surface area contributed by atoms with Crippen LogP contribution in [0, 0.1) is 11.8 Å².